The summed E-state index contributed by atoms with van der Waals surface area (Å²) in [6.45, 7) is 0. The maximum atomic E-state index is 7.29. The predicted molar refractivity (Wildman–Crippen MR) is 462 cm³/mol. The zero-order valence-electron chi connectivity index (χ0n) is 61.0. The van der Waals surface area contributed by atoms with E-state index in [0.717, 1.165) is 182 Å². The maximum absolute atomic E-state index is 7.29. The lowest BCUT2D eigenvalue weighted by atomic mass is 9.65. The van der Waals surface area contributed by atoms with Gasteiger partial charge >= 0.3 is 0 Å². The highest BCUT2D eigenvalue weighted by atomic mass is 16.5. The van der Waals surface area contributed by atoms with Gasteiger partial charge < -0.3 is 13.6 Å². The van der Waals surface area contributed by atoms with E-state index in [1.165, 1.54) is 16.2 Å². The van der Waals surface area contributed by atoms with Crippen molar-refractivity contribution in [1.29, 1.82) is 0 Å². The zero-order valence-corrected chi connectivity index (χ0v) is 61.0. The summed E-state index contributed by atoms with van der Waals surface area (Å²) in [5, 5.41) is 15.5. The molecule has 1 atom stereocenters. The van der Waals surface area contributed by atoms with Crippen LogP contribution in [0.3, 0.4) is 0 Å². The van der Waals surface area contributed by atoms with E-state index < -0.39 is 5.41 Å². The quantitative estimate of drug-likeness (QED) is 0.130. The third-order valence-corrected chi connectivity index (χ3v) is 23.7. The van der Waals surface area contributed by atoms with Crippen LogP contribution in [-0.2, 0) is 5.41 Å². The number of ether oxygens (including phenoxy) is 1. The summed E-state index contributed by atoms with van der Waals surface area (Å²) < 4.78 is 21.2. The van der Waals surface area contributed by atoms with Gasteiger partial charge in [0.1, 0.15) is 33.8 Å². The zero-order chi connectivity index (χ0) is 74.7. The number of para-hydroxylation sites is 4. The van der Waals surface area contributed by atoms with E-state index in [1.54, 1.807) is 0 Å². The molecule has 1 aliphatic carbocycles. The van der Waals surface area contributed by atoms with Crippen LogP contribution in [0, 0.1) is 0 Å². The molecule has 0 fully saturated rings. The van der Waals surface area contributed by atoms with Gasteiger partial charge in [-0.1, -0.05) is 309 Å². The van der Waals surface area contributed by atoms with Gasteiger partial charge in [0.2, 0.25) is 0 Å². The Morgan fingerprint density at radius 1 is 0.193 bits per heavy atom. The SMILES string of the molecule is c1ccc2c(c1)Oc1ccc(-c3cccc4oc5c(-c6nc(-c7ccc8c9ccccc9c9ccccc9c8c7)nc(-c7ccccc7-c7cccc8ccccc78)n6)cccc5c34)cc1C21c2ccccc2-c2ccc(-c3nc(-c4ccccc4-c4cccc5ccccc45)nc(-c4cccc5c4oc4ccccc45)n3)cc21. The number of aromatic nitrogens is 6. The average molecular weight is 1450 g/mol. The van der Waals surface area contributed by atoms with Crippen molar-refractivity contribution < 1.29 is 13.6 Å². The van der Waals surface area contributed by atoms with Crippen LogP contribution in [0.4, 0.5) is 0 Å². The molecule has 0 amide bonds. The number of rotatable bonds is 9. The Balaban J connectivity index is 0.690. The van der Waals surface area contributed by atoms with E-state index in [1.807, 2.05) is 18.2 Å². The number of nitrogens with zero attached hydrogens (tertiary/aromatic N) is 6. The largest absolute Gasteiger partial charge is 0.457 e. The summed E-state index contributed by atoms with van der Waals surface area (Å²) in [7, 11) is 0. The molecule has 114 heavy (non-hydrogen) atoms. The number of fused-ring (bicyclic) bond motifs is 23. The Labute approximate surface area is 653 Å². The van der Waals surface area contributed by atoms with Gasteiger partial charge in [-0.2, -0.15) is 0 Å². The highest BCUT2D eigenvalue weighted by Crippen LogP contribution is 2.63. The molecule has 0 N–H and O–H groups in total. The Morgan fingerprint density at radius 2 is 0.579 bits per heavy atom. The summed E-state index contributed by atoms with van der Waals surface area (Å²) in [4.78, 5) is 33.3. The van der Waals surface area contributed by atoms with Crippen molar-refractivity contribution in [2.75, 3.05) is 0 Å². The first-order valence-electron chi connectivity index (χ1n) is 38.5. The molecule has 9 nitrogen and oxygen atoms in total. The second kappa shape index (κ2) is 24.8. The number of hydrogen-bond donors (Lipinski definition) is 0. The monoisotopic (exact) mass is 1450 g/mol. The van der Waals surface area contributed by atoms with Crippen LogP contribution in [0.1, 0.15) is 22.3 Å². The van der Waals surface area contributed by atoms with Gasteiger partial charge in [0.25, 0.3) is 0 Å². The lowest BCUT2D eigenvalue weighted by Gasteiger charge is -2.39. The van der Waals surface area contributed by atoms with Crippen LogP contribution in [0.25, 0.3) is 211 Å². The smallest absolute Gasteiger partial charge is 0.167 e. The minimum atomic E-state index is -0.909. The standard InChI is InChI=1S/C105H60N6O3/c1-3-28-66-61(24-1)26-19-41-69(66)74-33-9-11-38-82(74)101-106-99(64-52-55-77-73-32-6-5-30-71(73)72-31-7-8-35-76(72)87(77)58-64)108-104(111-101)86-46-22-44-84-96-68(40-23-51-95(96)114-98(84)86)63-54-57-94-91(59-63)105(89-48-16-18-50-93(89)112-94)88-47-15-13-36-78(88)79-56-53-65(60-90(79)105)100-107-102(83-39-12-10-34-75(83)70-42-20-27-62-25-2-4-29-67(62)70)110-103(109-100)85-45-21-43-81-80-37-14-17-49-92(80)113-97(81)85/h1-60H. The van der Waals surface area contributed by atoms with E-state index in [9.17, 15) is 0 Å². The van der Waals surface area contributed by atoms with Gasteiger partial charge in [0.15, 0.2) is 34.9 Å². The first kappa shape index (κ1) is 63.6. The van der Waals surface area contributed by atoms with Crippen LogP contribution in [-0.4, -0.2) is 29.9 Å². The van der Waals surface area contributed by atoms with Gasteiger partial charge in [-0.3, -0.25) is 0 Å². The van der Waals surface area contributed by atoms with Gasteiger partial charge in [0, 0.05) is 54.9 Å². The Bertz CT molecular complexity index is 7840. The Morgan fingerprint density at radius 3 is 1.24 bits per heavy atom. The summed E-state index contributed by atoms with van der Waals surface area (Å²) >= 11 is 0. The molecule has 22 aromatic rings. The molecule has 0 bridgehead atoms. The van der Waals surface area contributed by atoms with E-state index in [-0.39, 0.29) is 0 Å². The highest BCUT2D eigenvalue weighted by Gasteiger charge is 2.51. The number of furan rings is 2. The summed E-state index contributed by atoms with van der Waals surface area (Å²) in [5.74, 6) is 4.65. The minimum absolute atomic E-state index is 0.487. The van der Waals surface area contributed by atoms with Crippen LogP contribution >= 0.6 is 0 Å². The van der Waals surface area contributed by atoms with Crippen molar-refractivity contribution >= 4 is 97.7 Å². The molecule has 1 unspecified atom stereocenters. The molecule has 0 saturated carbocycles. The van der Waals surface area contributed by atoms with Crippen molar-refractivity contribution in [3.8, 4) is 124 Å². The lowest BCUT2D eigenvalue weighted by Crippen LogP contribution is -2.32. The van der Waals surface area contributed by atoms with E-state index >= 15 is 0 Å². The molecule has 0 radical (unpaired) electrons. The number of benzene rings is 18. The van der Waals surface area contributed by atoms with Crippen molar-refractivity contribution in [1.82, 2.24) is 29.9 Å². The summed E-state index contributed by atoms with van der Waals surface area (Å²) in [6, 6.07) is 129. The average Bonchev–Trinajstić information content (AvgIpc) is 1.48. The van der Waals surface area contributed by atoms with Gasteiger partial charge in [-0.15, -0.1) is 0 Å². The third-order valence-electron chi connectivity index (χ3n) is 23.7. The fourth-order valence-electron chi connectivity index (χ4n) is 18.7. The molecule has 528 valence electrons. The fourth-order valence-corrected chi connectivity index (χ4v) is 18.7. The molecule has 0 saturated heterocycles. The Hall–Kier alpha value is -15.3. The molecule has 1 spiro atoms. The first-order chi connectivity index (χ1) is 56.5. The first-order valence-corrected chi connectivity index (χ1v) is 38.5. The Kier molecular flexibility index (Phi) is 13.9. The van der Waals surface area contributed by atoms with E-state index in [2.05, 4.69) is 346 Å². The molecule has 4 aromatic heterocycles. The highest BCUT2D eigenvalue weighted by molar-refractivity contribution is 6.26. The molecular weight excluding hydrogens is 1390 g/mol. The molecule has 2 aliphatic rings. The van der Waals surface area contributed by atoms with Crippen molar-refractivity contribution in [3.05, 3.63) is 386 Å². The summed E-state index contributed by atoms with van der Waals surface area (Å²) in [5.41, 5.74) is 19.6. The topological polar surface area (TPSA) is 113 Å². The van der Waals surface area contributed by atoms with Crippen LogP contribution in [0.15, 0.2) is 373 Å². The lowest BCUT2D eigenvalue weighted by molar-refractivity contribution is 0.436. The van der Waals surface area contributed by atoms with Gasteiger partial charge in [-0.25, -0.2) is 29.9 Å². The van der Waals surface area contributed by atoms with Crippen LogP contribution in [0.5, 0.6) is 11.5 Å². The van der Waals surface area contributed by atoms with Crippen molar-refractivity contribution in [3.63, 3.8) is 0 Å². The van der Waals surface area contributed by atoms with Gasteiger partial charge in [0.05, 0.1) is 16.5 Å². The van der Waals surface area contributed by atoms with E-state index in [0.29, 0.717) is 46.1 Å². The molecule has 1 aliphatic heterocycles. The van der Waals surface area contributed by atoms with E-state index in [4.69, 9.17) is 43.5 Å². The molecule has 24 rings (SSSR count). The normalized spacial score (nSPS) is 13.5. The fraction of sp³-hybridized carbons (Fsp3) is 0.00952. The molecular formula is C105H60N6O3. The van der Waals surface area contributed by atoms with Gasteiger partial charge in [-0.05, 0) is 164 Å². The maximum Gasteiger partial charge on any atom is 0.167 e. The molecule has 9 heteroatoms. The minimum Gasteiger partial charge on any atom is -0.457 e. The second-order valence-electron chi connectivity index (χ2n) is 29.7. The van der Waals surface area contributed by atoms with Crippen LogP contribution in [0.2, 0.25) is 0 Å². The predicted octanol–water partition coefficient (Wildman–Crippen LogP) is 27.1. The summed E-state index contributed by atoms with van der Waals surface area (Å²) in [6.07, 6.45) is 0. The molecule has 18 aromatic carbocycles. The van der Waals surface area contributed by atoms with Crippen molar-refractivity contribution in [2.24, 2.45) is 0 Å². The second-order valence-corrected chi connectivity index (χ2v) is 29.7. The number of hydrogen-bond acceptors (Lipinski definition) is 9. The van der Waals surface area contributed by atoms with Crippen LogP contribution < -0.4 is 4.74 Å². The molecule has 5 heterocycles. The third kappa shape index (κ3) is 9.53. The van der Waals surface area contributed by atoms with Crippen molar-refractivity contribution in [2.45, 2.75) is 5.41 Å².